The predicted molar refractivity (Wildman–Crippen MR) is 98.1 cm³/mol. The average Bonchev–Trinajstić information content (AvgIpc) is 3.23. The number of imidazole rings is 1. The van der Waals surface area contributed by atoms with Crippen LogP contribution in [-0.2, 0) is 4.79 Å². The lowest BCUT2D eigenvalue weighted by Crippen LogP contribution is -2.54. The molecule has 0 saturated carbocycles. The lowest BCUT2D eigenvalue weighted by atomic mass is 9.94. The van der Waals surface area contributed by atoms with E-state index in [1.807, 2.05) is 17.0 Å². The van der Waals surface area contributed by atoms with Crippen molar-refractivity contribution in [2.75, 3.05) is 38.1 Å². The number of hydrogen-bond acceptors (Lipinski definition) is 4. The van der Waals surface area contributed by atoms with Gasteiger partial charge >= 0.3 is 0 Å². The lowest BCUT2D eigenvalue weighted by molar-refractivity contribution is -0.137. The maximum absolute atomic E-state index is 12.6. The summed E-state index contributed by atoms with van der Waals surface area (Å²) in [5, 5.41) is 2.88. The zero-order valence-electron chi connectivity index (χ0n) is 14.8. The summed E-state index contributed by atoms with van der Waals surface area (Å²) in [6.45, 7) is 2.90. The van der Waals surface area contributed by atoms with E-state index < -0.39 is 0 Å². The van der Waals surface area contributed by atoms with Gasteiger partial charge in [-0.05, 0) is 11.6 Å². The molecule has 2 amide bonds. The molecule has 2 N–H and O–H groups in total. The van der Waals surface area contributed by atoms with Crippen LogP contribution in [0.2, 0.25) is 0 Å². The van der Waals surface area contributed by atoms with Crippen LogP contribution < -0.4 is 10.2 Å². The average molecular weight is 353 g/mol. The molecule has 3 heterocycles. The number of nitrogens with one attached hydrogen (secondary N) is 2. The summed E-state index contributed by atoms with van der Waals surface area (Å²) in [7, 11) is 2.07. The quantitative estimate of drug-likeness (QED) is 0.847. The van der Waals surface area contributed by atoms with Crippen molar-refractivity contribution < 1.29 is 9.59 Å². The van der Waals surface area contributed by atoms with Crippen molar-refractivity contribution in [1.82, 2.24) is 20.2 Å². The molecule has 1 atom stereocenters. The molecule has 7 nitrogen and oxygen atoms in total. The van der Waals surface area contributed by atoms with Gasteiger partial charge in [0.25, 0.3) is 5.91 Å². The Morgan fingerprint density at radius 2 is 2.08 bits per heavy atom. The summed E-state index contributed by atoms with van der Waals surface area (Å²) >= 11 is 0. The van der Waals surface area contributed by atoms with Gasteiger partial charge in [-0.2, -0.15) is 0 Å². The largest absolute Gasteiger partial charge is 0.374 e. The molecule has 0 aliphatic carbocycles. The minimum absolute atomic E-state index is 0.155. The van der Waals surface area contributed by atoms with Gasteiger partial charge in [0.05, 0.1) is 12.5 Å². The molecule has 2 aliphatic rings. The van der Waals surface area contributed by atoms with E-state index in [9.17, 15) is 9.59 Å². The van der Waals surface area contributed by atoms with E-state index in [1.165, 1.54) is 23.8 Å². The maximum atomic E-state index is 12.6. The molecule has 1 unspecified atom stereocenters. The van der Waals surface area contributed by atoms with Gasteiger partial charge in [0, 0.05) is 57.2 Å². The standard InChI is InChI=1S/C19H23N5O2/c1-23-11-14(15-4-2-3-5-17(15)23)6-18(25)24-9-13(10-24)7-21-19(26)16-8-20-12-22-16/h2-5,8,12-14H,6-7,9-11H2,1H3,(H,20,22)(H,21,26). The summed E-state index contributed by atoms with van der Waals surface area (Å²) in [4.78, 5) is 35.2. The van der Waals surface area contributed by atoms with Gasteiger partial charge in [-0.3, -0.25) is 9.59 Å². The van der Waals surface area contributed by atoms with Gasteiger partial charge in [0.2, 0.25) is 5.91 Å². The van der Waals surface area contributed by atoms with Crippen molar-refractivity contribution in [3.8, 4) is 0 Å². The fourth-order valence-electron chi connectivity index (χ4n) is 3.84. The number of rotatable bonds is 5. The van der Waals surface area contributed by atoms with Gasteiger partial charge < -0.3 is 20.1 Å². The Balaban J connectivity index is 1.24. The number of carbonyl (C=O) groups excluding carboxylic acids is 2. The number of para-hydroxylation sites is 1. The Labute approximate surface area is 152 Å². The number of carbonyl (C=O) groups is 2. The molecular formula is C19H23N5O2. The van der Waals surface area contributed by atoms with Gasteiger partial charge in [-0.15, -0.1) is 0 Å². The van der Waals surface area contributed by atoms with Crippen LogP contribution in [0.4, 0.5) is 5.69 Å². The first kappa shape index (κ1) is 16.6. The first-order valence-electron chi connectivity index (χ1n) is 8.96. The van der Waals surface area contributed by atoms with E-state index in [0.717, 1.165) is 6.54 Å². The second kappa shape index (κ2) is 6.82. The van der Waals surface area contributed by atoms with Gasteiger partial charge in [-0.25, -0.2) is 4.98 Å². The number of hydrogen-bond donors (Lipinski definition) is 2. The number of aromatic nitrogens is 2. The van der Waals surface area contributed by atoms with Crippen LogP contribution >= 0.6 is 0 Å². The molecule has 26 heavy (non-hydrogen) atoms. The highest BCUT2D eigenvalue weighted by Gasteiger charge is 2.34. The molecule has 1 fully saturated rings. The van der Waals surface area contributed by atoms with E-state index in [2.05, 4.69) is 39.4 Å². The zero-order chi connectivity index (χ0) is 18.1. The molecule has 1 saturated heterocycles. The third kappa shape index (κ3) is 3.16. The molecule has 136 valence electrons. The minimum atomic E-state index is -0.155. The third-order valence-corrected chi connectivity index (χ3v) is 5.31. The van der Waals surface area contributed by atoms with Crippen molar-refractivity contribution in [2.45, 2.75) is 12.3 Å². The second-order valence-electron chi connectivity index (χ2n) is 7.18. The molecule has 1 aromatic heterocycles. The predicted octanol–water partition coefficient (Wildman–Crippen LogP) is 1.22. The van der Waals surface area contributed by atoms with E-state index in [-0.39, 0.29) is 17.7 Å². The summed E-state index contributed by atoms with van der Waals surface area (Å²) in [5.41, 5.74) is 2.96. The molecule has 4 rings (SSSR count). The number of amides is 2. The number of likely N-dealkylation sites (N-methyl/N-ethyl adjacent to an activating group) is 1. The molecule has 7 heteroatoms. The first-order valence-corrected chi connectivity index (χ1v) is 8.96. The number of H-pyrrole nitrogens is 1. The number of aromatic amines is 1. The Hall–Kier alpha value is -2.83. The van der Waals surface area contributed by atoms with Crippen molar-refractivity contribution in [2.24, 2.45) is 5.92 Å². The van der Waals surface area contributed by atoms with Crippen LogP contribution in [0.25, 0.3) is 0 Å². The number of likely N-dealkylation sites (tertiary alicyclic amines) is 1. The van der Waals surface area contributed by atoms with Crippen LogP contribution in [0.3, 0.4) is 0 Å². The van der Waals surface area contributed by atoms with E-state index in [0.29, 0.717) is 37.7 Å². The van der Waals surface area contributed by atoms with Crippen molar-refractivity contribution in [3.05, 3.63) is 48.0 Å². The Morgan fingerprint density at radius 1 is 1.27 bits per heavy atom. The second-order valence-corrected chi connectivity index (χ2v) is 7.18. The summed E-state index contributed by atoms with van der Waals surface area (Å²) in [5.74, 6) is 0.640. The van der Waals surface area contributed by atoms with Crippen LogP contribution in [0.5, 0.6) is 0 Å². The maximum Gasteiger partial charge on any atom is 0.269 e. The first-order chi connectivity index (χ1) is 12.6. The summed E-state index contributed by atoms with van der Waals surface area (Å²) in [6, 6.07) is 8.32. The highest BCUT2D eigenvalue weighted by molar-refractivity contribution is 5.92. The Bertz CT molecular complexity index is 798. The van der Waals surface area contributed by atoms with Crippen molar-refractivity contribution in [1.29, 1.82) is 0 Å². The molecule has 0 spiro atoms. The number of fused-ring (bicyclic) bond motifs is 1. The molecule has 2 aromatic rings. The summed E-state index contributed by atoms with van der Waals surface area (Å²) in [6.07, 6.45) is 3.54. The van der Waals surface area contributed by atoms with Crippen LogP contribution in [-0.4, -0.2) is 59.9 Å². The van der Waals surface area contributed by atoms with Crippen LogP contribution in [0.15, 0.2) is 36.8 Å². The molecular weight excluding hydrogens is 330 g/mol. The fraction of sp³-hybridized carbons (Fsp3) is 0.421. The SMILES string of the molecule is CN1CC(CC(=O)N2CC(CNC(=O)c3cnc[nH]3)C2)c2ccccc21. The minimum Gasteiger partial charge on any atom is -0.374 e. The van der Waals surface area contributed by atoms with Crippen LogP contribution in [0, 0.1) is 5.92 Å². The highest BCUT2D eigenvalue weighted by atomic mass is 16.2. The fourth-order valence-corrected chi connectivity index (χ4v) is 3.84. The summed E-state index contributed by atoms with van der Waals surface area (Å²) < 4.78 is 0. The topological polar surface area (TPSA) is 81.3 Å². The number of anilines is 1. The molecule has 0 bridgehead atoms. The van der Waals surface area contributed by atoms with E-state index in [4.69, 9.17) is 0 Å². The Kier molecular flexibility index (Phi) is 4.36. The smallest absolute Gasteiger partial charge is 0.269 e. The zero-order valence-corrected chi connectivity index (χ0v) is 14.8. The third-order valence-electron chi connectivity index (χ3n) is 5.31. The molecule has 2 aliphatic heterocycles. The number of nitrogens with zero attached hydrogens (tertiary/aromatic N) is 3. The van der Waals surface area contributed by atoms with Crippen LogP contribution in [0.1, 0.15) is 28.4 Å². The van der Waals surface area contributed by atoms with E-state index >= 15 is 0 Å². The lowest BCUT2D eigenvalue weighted by Gasteiger charge is -2.39. The highest BCUT2D eigenvalue weighted by Crippen LogP contribution is 2.37. The van der Waals surface area contributed by atoms with Gasteiger partial charge in [-0.1, -0.05) is 18.2 Å². The molecule has 0 radical (unpaired) electrons. The normalized spacial score (nSPS) is 19.2. The number of benzene rings is 1. The van der Waals surface area contributed by atoms with E-state index in [1.54, 1.807) is 0 Å². The van der Waals surface area contributed by atoms with Crippen molar-refractivity contribution in [3.63, 3.8) is 0 Å². The van der Waals surface area contributed by atoms with Gasteiger partial charge in [0.1, 0.15) is 5.69 Å². The monoisotopic (exact) mass is 353 g/mol. The molecule has 1 aromatic carbocycles. The van der Waals surface area contributed by atoms with Crippen molar-refractivity contribution >= 4 is 17.5 Å². The Morgan fingerprint density at radius 3 is 2.85 bits per heavy atom. The van der Waals surface area contributed by atoms with Gasteiger partial charge in [0.15, 0.2) is 0 Å².